The fourth-order valence-corrected chi connectivity index (χ4v) is 2.62. The number of nitrogens with zero attached hydrogens (tertiary/aromatic N) is 2. The predicted molar refractivity (Wildman–Crippen MR) is 83.8 cm³/mol. The summed E-state index contributed by atoms with van der Waals surface area (Å²) in [6.45, 7) is 4.01. The van der Waals surface area contributed by atoms with Crippen LogP contribution in [0.15, 0.2) is 24.4 Å². The number of hydrogen-bond donors (Lipinski definition) is 1. The molecule has 0 aliphatic carbocycles. The van der Waals surface area contributed by atoms with E-state index < -0.39 is 10.8 Å². The van der Waals surface area contributed by atoms with Gasteiger partial charge in [0.25, 0.3) is 5.91 Å². The van der Waals surface area contributed by atoms with Crippen molar-refractivity contribution in [2.24, 2.45) is 0 Å². The molecule has 1 aromatic carbocycles. The minimum absolute atomic E-state index is 0.127. The summed E-state index contributed by atoms with van der Waals surface area (Å²) in [5.74, 6) is 0.285. The second-order valence-corrected chi connectivity index (χ2v) is 5.81. The van der Waals surface area contributed by atoms with Crippen LogP contribution in [0.25, 0.3) is 0 Å². The monoisotopic (exact) mass is 321 g/mol. The van der Waals surface area contributed by atoms with E-state index in [2.05, 4.69) is 10.3 Å². The van der Waals surface area contributed by atoms with Gasteiger partial charge in [0, 0.05) is 0 Å². The number of carbonyl (C=O) groups excluding carboxylic acids is 1. The van der Waals surface area contributed by atoms with Crippen molar-refractivity contribution >= 4 is 27.4 Å². The lowest BCUT2D eigenvalue weighted by molar-refractivity contribution is -0.380. The zero-order chi connectivity index (χ0) is 16.3. The van der Waals surface area contributed by atoms with Crippen molar-refractivity contribution in [3.63, 3.8) is 0 Å². The number of ether oxygens (including phenoxy) is 1. The molecule has 0 saturated carbocycles. The van der Waals surface area contributed by atoms with E-state index in [1.807, 2.05) is 19.9 Å². The first-order valence-electron chi connectivity index (χ1n) is 6.52. The van der Waals surface area contributed by atoms with E-state index in [-0.39, 0.29) is 16.1 Å². The Labute approximate surface area is 131 Å². The highest BCUT2D eigenvalue weighted by molar-refractivity contribution is 7.18. The Morgan fingerprint density at radius 3 is 2.73 bits per heavy atom. The van der Waals surface area contributed by atoms with Gasteiger partial charge in [-0.1, -0.05) is 26.0 Å². The third kappa shape index (κ3) is 3.22. The molecule has 116 valence electrons. The Kier molecular flexibility index (Phi) is 4.71. The minimum Gasteiger partial charge on any atom is -0.496 e. The Hall–Kier alpha value is -2.48. The number of anilines is 1. The Morgan fingerprint density at radius 1 is 1.45 bits per heavy atom. The number of rotatable bonds is 5. The van der Waals surface area contributed by atoms with Gasteiger partial charge in [-0.2, -0.15) is 0 Å². The molecule has 0 fully saturated rings. The van der Waals surface area contributed by atoms with Crippen LogP contribution < -0.4 is 10.1 Å². The minimum atomic E-state index is -0.548. The zero-order valence-corrected chi connectivity index (χ0v) is 13.1. The van der Waals surface area contributed by atoms with Crippen LogP contribution in [0.5, 0.6) is 5.75 Å². The van der Waals surface area contributed by atoms with E-state index in [0.29, 0.717) is 11.3 Å². The van der Waals surface area contributed by atoms with Crippen molar-refractivity contribution < 1.29 is 14.5 Å². The van der Waals surface area contributed by atoms with Crippen molar-refractivity contribution in [2.75, 3.05) is 12.4 Å². The second-order valence-electron chi connectivity index (χ2n) is 4.80. The topological polar surface area (TPSA) is 94.4 Å². The average Bonchev–Trinajstić information content (AvgIpc) is 2.94. The number of aromatic nitrogens is 1. The van der Waals surface area contributed by atoms with E-state index in [4.69, 9.17) is 4.74 Å². The summed E-state index contributed by atoms with van der Waals surface area (Å²) in [4.78, 5) is 26.3. The Morgan fingerprint density at radius 2 is 2.18 bits per heavy atom. The molecule has 0 unspecified atom stereocenters. The number of nitro groups is 1. The lowest BCUT2D eigenvalue weighted by Gasteiger charge is -2.15. The van der Waals surface area contributed by atoms with Crippen molar-refractivity contribution in [1.82, 2.24) is 4.98 Å². The van der Waals surface area contributed by atoms with Gasteiger partial charge in [-0.3, -0.25) is 20.2 Å². The third-order valence-electron chi connectivity index (χ3n) is 3.01. The van der Waals surface area contributed by atoms with Crippen LogP contribution in [0.4, 0.5) is 10.1 Å². The SMILES string of the molecule is COc1c(C(=O)Nc2ncc([N+](=O)[O-])s2)cccc1C(C)C. The summed E-state index contributed by atoms with van der Waals surface area (Å²) < 4.78 is 5.35. The van der Waals surface area contributed by atoms with Gasteiger partial charge in [-0.15, -0.1) is 0 Å². The molecule has 1 N–H and O–H groups in total. The molecule has 8 heteroatoms. The summed E-state index contributed by atoms with van der Waals surface area (Å²) in [6, 6.07) is 5.31. The molecule has 2 aromatic rings. The average molecular weight is 321 g/mol. The van der Waals surface area contributed by atoms with Gasteiger partial charge >= 0.3 is 5.00 Å². The lowest BCUT2D eigenvalue weighted by Crippen LogP contribution is -2.14. The van der Waals surface area contributed by atoms with Crippen LogP contribution >= 0.6 is 11.3 Å². The maximum absolute atomic E-state index is 12.4. The molecule has 1 amide bonds. The highest BCUT2D eigenvalue weighted by Crippen LogP contribution is 2.31. The molecule has 1 aromatic heterocycles. The highest BCUT2D eigenvalue weighted by Gasteiger charge is 2.19. The van der Waals surface area contributed by atoms with Gasteiger partial charge < -0.3 is 4.74 Å². The van der Waals surface area contributed by atoms with E-state index in [1.54, 1.807) is 12.1 Å². The first-order valence-corrected chi connectivity index (χ1v) is 7.34. The molecule has 2 rings (SSSR count). The van der Waals surface area contributed by atoms with Crippen LogP contribution in [0.1, 0.15) is 35.7 Å². The molecule has 0 aliphatic heterocycles. The largest absolute Gasteiger partial charge is 0.496 e. The summed E-state index contributed by atoms with van der Waals surface area (Å²) in [5.41, 5.74) is 1.28. The maximum Gasteiger partial charge on any atom is 0.345 e. The predicted octanol–water partition coefficient (Wildman–Crippen LogP) is 3.44. The number of benzene rings is 1. The number of carbonyl (C=O) groups is 1. The van der Waals surface area contributed by atoms with Gasteiger partial charge in [-0.05, 0) is 28.9 Å². The maximum atomic E-state index is 12.4. The van der Waals surface area contributed by atoms with Gasteiger partial charge in [0.1, 0.15) is 11.9 Å². The Bertz CT molecular complexity index is 712. The number of nitrogens with one attached hydrogen (secondary N) is 1. The van der Waals surface area contributed by atoms with Crippen LogP contribution in [0, 0.1) is 10.1 Å². The van der Waals surface area contributed by atoms with Crippen LogP contribution in [-0.2, 0) is 0 Å². The third-order valence-corrected chi connectivity index (χ3v) is 3.87. The number of hydrogen-bond acceptors (Lipinski definition) is 6. The van der Waals surface area contributed by atoms with Crippen molar-refractivity contribution in [2.45, 2.75) is 19.8 Å². The first-order chi connectivity index (χ1) is 10.4. The summed E-state index contributed by atoms with van der Waals surface area (Å²) in [5, 5.41) is 13.2. The zero-order valence-electron chi connectivity index (χ0n) is 12.3. The van der Waals surface area contributed by atoms with E-state index in [9.17, 15) is 14.9 Å². The fraction of sp³-hybridized carbons (Fsp3) is 0.286. The van der Waals surface area contributed by atoms with E-state index in [0.717, 1.165) is 23.1 Å². The van der Waals surface area contributed by atoms with Crippen molar-refractivity contribution in [3.05, 3.63) is 45.6 Å². The highest BCUT2D eigenvalue weighted by atomic mass is 32.1. The molecule has 1 heterocycles. The van der Waals surface area contributed by atoms with Gasteiger partial charge in [0.15, 0.2) is 5.13 Å². The molecule has 22 heavy (non-hydrogen) atoms. The standard InChI is InChI=1S/C14H15N3O4S/c1-8(2)9-5-4-6-10(12(9)21-3)13(18)16-14-15-7-11(22-14)17(19)20/h4-8H,1-3H3,(H,15,16,18). The quantitative estimate of drug-likeness (QED) is 0.672. The first kappa shape index (κ1) is 15.9. The lowest BCUT2D eigenvalue weighted by atomic mass is 9.99. The van der Waals surface area contributed by atoms with Crippen LogP contribution in [-0.4, -0.2) is 22.9 Å². The van der Waals surface area contributed by atoms with Crippen LogP contribution in [0.3, 0.4) is 0 Å². The molecule has 0 radical (unpaired) electrons. The number of amides is 1. The van der Waals surface area contributed by atoms with Crippen LogP contribution in [0.2, 0.25) is 0 Å². The second kappa shape index (κ2) is 6.52. The normalized spacial score (nSPS) is 10.5. The number of methoxy groups -OCH3 is 1. The van der Waals surface area contributed by atoms with Gasteiger partial charge in [0.05, 0.1) is 17.6 Å². The molecular formula is C14H15N3O4S. The van der Waals surface area contributed by atoms with Crippen molar-refractivity contribution in [1.29, 1.82) is 0 Å². The van der Waals surface area contributed by atoms with E-state index in [1.165, 1.54) is 7.11 Å². The molecule has 0 bridgehead atoms. The molecule has 0 spiro atoms. The summed E-state index contributed by atoms with van der Waals surface area (Å²) in [6.07, 6.45) is 1.11. The van der Waals surface area contributed by atoms with Gasteiger partial charge in [0.2, 0.25) is 0 Å². The number of para-hydroxylation sites is 1. The fourth-order valence-electron chi connectivity index (χ4n) is 1.99. The van der Waals surface area contributed by atoms with E-state index >= 15 is 0 Å². The molecule has 0 saturated heterocycles. The summed E-state index contributed by atoms with van der Waals surface area (Å²) in [7, 11) is 1.51. The molecular weight excluding hydrogens is 306 g/mol. The smallest absolute Gasteiger partial charge is 0.345 e. The Balaban J connectivity index is 2.29. The molecule has 0 atom stereocenters. The number of thiazole rings is 1. The van der Waals surface area contributed by atoms with Gasteiger partial charge in [-0.25, -0.2) is 4.98 Å². The summed E-state index contributed by atoms with van der Waals surface area (Å²) >= 11 is 0.805. The molecule has 7 nitrogen and oxygen atoms in total. The van der Waals surface area contributed by atoms with Crippen molar-refractivity contribution in [3.8, 4) is 5.75 Å². The molecule has 0 aliphatic rings.